The quantitative estimate of drug-likeness (QED) is 0.259. The molecular weight excluding hydrogens is 506 g/mol. The second-order valence-corrected chi connectivity index (χ2v) is 9.84. The van der Waals surface area contributed by atoms with Gasteiger partial charge in [0.1, 0.15) is 18.1 Å². The van der Waals surface area contributed by atoms with Crippen molar-refractivity contribution in [2.75, 3.05) is 5.32 Å². The highest BCUT2D eigenvalue weighted by atomic mass is 79.9. The van der Waals surface area contributed by atoms with E-state index < -0.39 is 0 Å². The van der Waals surface area contributed by atoms with Crippen LogP contribution in [0.2, 0.25) is 0 Å². The molecule has 0 fully saturated rings. The molecule has 0 spiro atoms. The lowest BCUT2D eigenvalue weighted by Gasteiger charge is -2.14. The molecule has 6 nitrogen and oxygen atoms in total. The van der Waals surface area contributed by atoms with Crippen molar-refractivity contribution in [1.29, 1.82) is 0 Å². The number of rotatable bonds is 8. The fourth-order valence-electron chi connectivity index (χ4n) is 3.91. The number of carbonyl (C=O) groups is 1. The number of halogens is 1. The van der Waals surface area contributed by atoms with Gasteiger partial charge in [-0.3, -0.25) is 9.48 Å². The maximum absolute atomic E-state index is 12.8. The van der Waals surface area contributed by atoms with Crippen LogP contribution in [0.25, 0.3) is 0 Å². The van der Waals surface area contributed by atoms with Crippen molar-refractivity contribution >= 4 is 27.5 Å². The molecule has 0 aliphatic rings. The van der Waals surface area contributed by atoms with E-state index in [0.717, 1.165) is 38.3 Å². The molecule has 0 radical (unpaired) electrons. The zero-order valence-corrected chi connectivity index (χ0v) is 22.3. The minimum atomic E-state index is -0.305. The van der Waals surface area contributed by atoms with Gasteiger partial charge in [0, 0.05) is 5.69 Å². The highest BCUT2D eigenvalue weighted by molar-refractivity contribution is 9.10. The van der Waals surface area contributed by atoms with Crippen molar-refractivity contribution in [2.45, 2.75) is 53.7 Å². The van der Waals surface area contributed by atoms with Gasteiger partial charge in [0.05, 0.1) is 22.4 Å². The van der Waals surface area contributed by atoms with E-state index >= 15 is 0 Å². The highest BCUT2D eigenvalue weighted by Gasteiger charge is 2.14. The lowest BCUT2D eigenvalue weighted by molar-refractivity contribution is 0.0992. The van der Waals surface area contributed by atoms with Gasteiger partial charge in [0.25, 0.3) is 5.91 Å². The van der Waals surface area contributed by atoms with Crippen LogP contribution in [0.5, 0.6) is 5.75 Å². The van der Waals surface area contributed by atoms with E-state index in [1.54, 1.807) is 12.1 Å². The van der Waals surface area contributed by atoms with E-state index in [4.69, 9.17) is 9.15 Å². The highest BCUT2D eigenvalue weighted by Crippen LogP contribution is 2.28. The Hall–Kier alpha value is -3.32. The van der Waals surface area contributed by atoms with Gasteiger partial charge in [-0.1, -0.05) is 38.1 Å². The average molecular weight is 536 g/mol. The van der Waals surface area contributed by atoms with E-state index in [2.05, 4.69) is 52.3 Å². The monoisotopic (exact) mass is 535 g/mol. The van der Waals surface area contributed by atoms with Crippen LogP contribution in [0.4, 0.5) is 5.69 Å². The Balaban J connectivity index is 1.40. The van der Waals surface area contributed by atoms with Gasteiger partial charge >= 0.3 is 0 Å². The number of nitrogens with one attached hydrogen (secondary N) is 1. The first-order valence-electron chi connectivity index (χ1n) is 11.6. The molecule has 7 heteroatoms. The Morgan fingerprint density at radius 2 is 1.91 bits per heavy atom. The molecule has 4 aromatic rings. The first-order valence-corrected chi connectivity index (χ1v) is 12.4. The van der Waals surface area contributed by atoms with Crippen molar-refractivity contribution in [1.82, 2.24) is 9.78 Å². The SMILES string of the molecule is Cc1ccc(C(C)C)c(OCc2ccc(C(=O)Nc3cccc(Cn4nc(C)c(Br)c4C)c3)o2)c1. The van der Waals surface area contributed by atoms with Gasteiger partial charge in [0.2, 0.25) is 0 Å². The van der Waals surface area contributed by atoms with E-state index in [0.29, 0.717) is 23.9 Å². The lowest BCUT2D eigenvalue weighted by atomic mass is 10.0. The number of amides is 1. The molecule has 4 rings (SSSR count). The summed E-state index contributed by atoms with van der Waals surface area (Å²) < 4.78 is 14.8. The molecule has 0 aliphatic heterocycles. The summed E-state index contributed by atoms with van der Waals surface area (Å²) in [7, 11) is 0. The molecule has 0 aliphatic carbocycles. The van der Waals surface area contributed by atoms with Crippen LogP contribution in [-0.4, -0.2) is 15.7 Å². The second-order valence-electron chi connectivity index (χ2n) is 9.05. The smallest absolute Gasteiger partial charge is 0.291 e. The Kier molecular flexibility index (Phi) is 7.45. The molecule has 2 aromatic heterocycles. The van der Waals surface area contributed by atoms with Crippen molar-refractivity contribution in [3.63, 3.8) is 0 Å². The Bertz CT molecular complexity index is 1350. The summed E-state index contributed by atoms with van der Waals surface area (Å²) >= 11 is 3.57. The Morgan fingerprint density at radius 3 is 2.63 bits per heavy atom. The average Bonchev–Trinajstić information content (AvgIpc) is 3.39. The van der Waals surface area contributed by atoms with Gasteiger partial charge in [-0.2, -0.15) is 5.10 Å². The minimum Gasteiger partial charge on any atom is -0.485 e. The number of furan rings is 1. The minimum absolute atomic E-state index is 0.241. The van der Waals surface area contributed by atoms with Crippen LogP contribution in [0.15, 0.2) is 63.5 Å². The third-order valence-corrected chi connectivity index (χ3v) is 7.00. The molecule has 35 heavy (non-hydrogen) atoms. The molecule has 1 N–H and O–H groups in total. The van der Waals surface area contributed by atoms with Crippen molar-refractivity contribution < 1.29 is 13.9 Å². The van der Waals surface area contributed by atoms with Gasteiger partial charge in [-0.25, -0.2) is 0 Å². The summed E-state index contributed by atoms with van der Waals surface area (Å²) in [5.41, 5.74) is 6.03. The zero-order chi connectivity index (χ0) is 25.1. The first kappa shape index (κ1) is 24.8. The standard InChI is InChI=1S/C28H30BrN3O3/c1-17(2)24-11-9-18(3)13-26(24)34-16-23-10-12-25(35-23)28(33)30-22-8-6-7-21(14-22)15-32-20(5)27(29)19(4)31-32/h6-14,17H,15-16H2,1-5H3,(H,30,33). The number of hydrogen-bond donors (Lipinski definition) is 1. The molecule has 0 unspecified atom stereocenters. The number of hydrogen-bond acceptors (Lipinski definition) is 4. The number of nitrogens with zero attached hydrogens (tertiary/aromatic N) is 2. The molecule has 2 heterocycles. The number of benzene rings is 2. The largest absolute Gasteiger partial charge is 0.485 e. The normalized spacial score (nSPS) is 11.2. The summed E-state index contributed by atoms with van der Waals surface area (Å²) in [4.78, 5) is 12.8. The van der Waals surface area contributed by atoms with Crippen LogP contribution in [-0.2, 0) is 13.2 Å². The second kappa shape index (κ2) is 10.5. The predicted octanol–water partition coefficient (Wildman–Crippen LogP) is 7.17. The maximum atomic E-state index is 12.8. The Morgan fingerprint density at radius 1 is 1.11 bits per heavy atom. The van der Waals surface area contributed by atoms with Gasteiger partial charge in [0.15, 0.2) is 5.76 Å². The molecular formula is C28H30BrN3O3. The van der Waals surface area contributed by atoms with Crippen LogP contribution in [0.1, 0.15) is 64.2 Å². The summed E-state index contributed by atoms with van der Waals surface area (Å²) in [6, 6.07) is 17.4. The van der Waals surface area contributed by atoms with Gasteiger partial charge < -0.3 is 14.5 Å². The van der Waals surface area contributed by atoms with E-state index in [1.807, 2.05) is 55.8 Å². The summed E-state index contributed by atoms with van der Waals surface area (Å²) in [6.45, 7) is 11.2. The van der Waals surface area contributed by atoms with Crippen LogP contribution in [0.3, 0.4) is 0 Å². The summed E-state index contributed by atoms with van der Waals surface area (Å²) in [5.74, 6) is 1.72. The molecule has 0 bridgehead atoms. The van der Waals surface area contributed by atoms with E-state index in [-0.39, 0.29) is 18.3 Å². The third kappa shape index (κ3) is 5.85. The number of carbonyl (C=O) groups excluding carboxylic acids is 1. The number of anilines is 1. The lowest BCUT2D eigenvalue weighted by Crippen LogP contribution is -2.11. The third-order valence-electron chi connectivity index (χ3n) is 5.86. The molecule has 2 aromatic carbocycles. The predicted molar refractivity (Wildman–Crippen MR) is 141 cm³/mol. The van der Waals surface area contributed by atoms with Crippen molar-refractivity contribution in [3.8, 4) is 5.75 Å². The fourth-order valence-corrected chi connectivity index (χ4v) is 4.20. The van der Waals surface area contributed by atoms with Gasteiger partial charge in [-0.05, 0) is 89.6 Å². The topological polar surface area (TPSA) is 69.3 Å². The van der Waals surface area contributed by atoms with Crippen molar-refractivity contribution in [2.24, 2.45) is 0 Å². The number of aryl methyl sites for hydroxylation is 2. The van der Waals surface area contributed by atoms with Crippen LogP contribution < -0.4 is 10.1 Å². The first-order chi connectivity index (χ1) is 16.7. The van der Waals surface area contributed by atoms with E-state index in [1.165, 1.54) is 0 Å². The number of ether oxygens (including phenoxy) is 1. The zero-order valence-electron chi connectivity index (χ0n) is 20.7. The van der Waals surface area contributed by atoms with Crippen LogP contribution >= 0.6 is 15.9 Å². The maximum Gasteiger partial charge on any atom is 0.291 e. The molecule has 0 saturated heterocycles. The fraction of sp³-hybridized carbons (Fsp3) is 0.286. The van der Waals surface area contributed by atoms with E-state index in [9.17, 15) is 4.79 Å². The molecule has 0 atom stereocenters. The number of aromatic nitrogens is 2. The van der Waals surface area contributed by atoms with Gasteiger partial charge in [-0.15, -0.1) is 0 Å². The summed E-state index contributed by atoms with van der Waals surface area (Å²) in [5, 5.41) is 7.48. The van der Waals surface area contributed by atoms with Crippen molar-refractivity contribution in [3.05, 3.63) is 98.7 Å². The van der Waals surface area contributed by atoms with Crippen LogP contribution in [0, 0.1) is 20.8 Å². The molecule has 0 saturated carbocycles. The molecule has 1 amide bonds. The Labute approximate surface area is 214 Å². The summed E-state index contributed by atoms with van der Waals surface area (Å²) in [6.07, 6.45) is 0. The molecule has 182 valence electrons.